The summed E-state index contributed by atoms with van der Waals surface area (Å²) in [5.74, 6) is 0.890. The molecule has 2 aliphatic rings. The van der Waals surface area contributed by atoms with Gasteiger partial charge in [-0.05, 0) is 62.6 Å². The van der Waals surface area contributed by atoms with Crippen molar-refractivity contribution in [1.29, 1.82) is 5.26 Å². The number of benzene rings is 1. The summed E-state index contributed by atoms with van der Waals surface area (Å²) in [6, 6.07) is 10.2. The Morgan fingerprint density at radius 1 is 1.04 bits per heavy atom. The first kappa shape index (κ1) is 19.5. The number of hydrogen-bond donors (Lipinski definition) is 1. The van der Waals surface area contributed by atoms with Crippen LogP contribution in [-0.2, 0) is 11.2 Å². The van der Waals surface area contributed by atoms with Crippen molar-refractivity contribution in [2.45, 2.75) is 69.7 Å². The Balaban J connectivity index is 1.37. The molecule has 1 aliphatic heterocycles. The molecule has 0 spiro atoms. The van der Waals surface area contributed by atoms with E-state index in [1.165, 1.54) is 4.90 Å². The fourth-order valence-corrected chi connectivity index (χ4v) is 3.87. The van der Waals surface area contributed by atoms with Gasteiger partial charge in [0.25, 0.3) is 0 Å². The van der Waals surface area contributed by atoms with Gasteiger partial charge in [0.2, 0.25) is 0 Å². The van der Waals surface area contributed by atoms with E-state index in [0.717, 1.165) is 56.3 Å². The van der Waals surface area contributed by atoms with Crippen LogP contribution in [0.1, 0.15) is 50.5 Å². The van der Waals surface area contributed by atoms with Gasteiger partial charge in [0.1, 0.15) is 5.75 Å². The van der Waals surface area contributed by atoms with E-state index in [2.05, 4.69) is 6.07 Å². The molecule has 1 N–H and O–H groups in total. The van der Waals surface area contributed by atoms with Crippen molar-refractivity contribution in [2.75, 3.05) is 13.1 Å². The molecule has 1 amide bonds. The second-order valence-electron chi connectivity index (χ2n) is 7.42. The van der Waals surface area contributed by atoms with E-state index in [9.17, 15) is 4.79 Å². The molecule has 0 aromatic heterocycles. The van der Waals surface area contributed by atoms with Crippen LogP contribution in [0.25, 0.3) is 0 Å². The Bertz CT molecular complexity index is 639. The summed E-state index contributed by atoms with van der Waals surface area (Å²) in [6.45, 7) is 1.14. The van der Waals surface area contributed by atoms with Gasteiger partial charge in [-0.2, -0.15) is 5.26 Å². The highest BCUT2D eigenvalue weighted by atomic mass is 16.5. The monoisotopic (exact) mass is 372 g/mol. The minimum absolute atomic E-state index is 0.184. The highest BCUT2D eigenvalue weighted by Gasteiger charge is 2.28. The molecule has 1 saturated heterocycles. The van der Waals surface area contributed by atoms with Crippen LogP contribution in [0.4, 0.5) is 4.79 Å². The molecule has 1 aliphatic carbocycles. The van der Waals surface area contributed by atoms with Crippen LogP contribution in [0.3, 0.4) is 0 Å². The van der Waals surface area contributed by atoms with Gasteiger partial charge in [0, 0.05) is 19.5 Å². The third kappa shape index (κ3) is 5.86. The average molecular weight is 372 g/mol. The molecule has 1 heterocycles. The lowest BCUT2D eigenvalue weighted by Crippen LogP contribution is -2.41. The van der Waals surface area contributed by atoms with Crippen molar-refractivity contribution < 1.29 is 19.4 Å². The van der Waals surface area contributed by atoms with Crippen molar-refractivity contribution in [1.82, 2.24) is 4.90 Å². The van der Waals surface area contributed by atoms with E-state index in [-0.39, 0.29) is 18.3 Å². The van der Waals surface area contributed by atoms with E-state index < -0.39 is 6.09 Å². The van der Waals surface area contributed by atoms with Gasteiger partial charge in [-0.15, -0.1) is 0 Å². The summed E-state index contributed by atoms with van der Waals surface area (Å²) in [5.41, 5.74) is 1.16. The molecule has 6 nitrogen and oxygen atoms in total. The lowest BCUT2D eigenvalue weighted by molar-refractivity contribution is -0.0641. The number of aryl methyl sites for hydroxylation is 1. The van der Waals surface area contributed by atoms with Crippen LogP contribution >= 0.6 is 0 Å². The molecular formula is C21H28N2O4. The molecule has 3 rings (SSSR count). The molecule has 0 bridgehead atoms. The van der Waals surface area contributed by atoms with Gasteiger partial charge in [0.15, 0.2) is 0 Å². The maximum Gasteiger partial charge on any atom is 0.407 e. The molecule has 146 valence electrons. The second-order valence-corrected chi connectivity index (χ2v) is 7.42. The number of carbonyl (C=O) groups is 1. The number of amides is 1. The van der Waals surface area contributed by atoms with Crippen LogP contribution in [-0.4, -0.2) is 47.5 Å². The SMILES string of the molecule is N#CCCc1ccc(OC2CCC(OC3CCN(C(=O)O)CC3)CC2)cc1. The zero-order valence-corrected chi connectivity index (χ0v) is 15.7. The number of piperidine rings is 1. The molecule has 0 unspecified atom stereocenters. The fourth-order valence-electron chi connectivity index (χ4n) is 3.87. The number of nitrogens with zero attached hydrogens (tertiary/aromatic N) is 2. The van der Waals surface area contributed by atoms with Gasteiger partial charge < -0.3 is 19.5 Å². The Labute approximate surface area is 160 Å². The molecule has 27 heavy (non-hydrogen) atoms. The summed E-state index contributed by atoms with van der Waals surface area (Å²) in [7, 11) is 0. The quantitative estimate of drug-likeness (QED) is 0.816. The fraction of sp³-hybridized carbons (Fsp3) is 0.619. The summed E-state index contributed by atoms with van der Waals surface area (Å²) in [5, 5.41) is 17.7. The Morgan fingerprint density at radius 2 is 1.63 bits per heavy atom. The number of hydrogen-bond acceptors (Lipinski definition) is 4. The Kier molecular flexibility index (Phi) is 6.94. The number of ether oxygens (including phenoxy) is 2. The van der Waals surface area contributed by atoms with Crippen LogP contribution in [0.5, 0.6) is 5.75 Å². The third-order valence-electron chi connectivity index (χ3n) is 5.47. The molecule has 2 fully saturated rings. The van der Waals surface area contributed by atoms with E-state index >= 15 is 0 Å². The zero-order valence-electron chi connectivity index (χ0n) is 15.7. The van der Waals surface area contributed by atoms with Gasteiger partial charge in [0.05, 0.1) is 24.4 Å². The van der Waals surface area contributed by atoms with Crippen molar-refractivity contribution in [2.24, 2.45) is 0 Å². The second kappa shape index (κ2) is 9.61. The first-order valence-electron chi connectivity index (χ1n) is 9.90. The van der Waals surface area contributed by atoms with Crippen LogP contribution < -0.4 is 4.74 Å². The highest BCUT2D eigenvalue weighted by Crippen LogP contribution is 2.28. The summed E-state index contributed by atoms with van der Waals surface area (Å²) in [6.07, 6.45) is 6.69. The summed E-state index contributed by atoms with van der Waals surface area (Å²) < 4.78 is 12.3. The lowest BCUT2D eigenvalue weighted by Gasteiger charge is -2.35. The molecule has 6 heteroatoms. The Morgan fingerprint density at radius 3 is 2.22 bits per heavy atom. The maximum atomic E-state index is 11.0. The first-order valence-corrected chi connectivity index (χ1v) is 9.90. The van der Waals surface area contributed by atoms with E-state index in [1.807, 2.05) is 24.3 Å². The molecule has 1 aromatic carbocycles. The van der Waals surface area contributed by atoms with Crippen LogP contribution in [0.2, 0.25) is 0 Å². The Hall–Kier alpha value is -2.26. The van der Waals surface area contributed by atoms with Crippen molar-refractivity contribution in [3.8, 4) is 11.8 Å². The predicted octanol–water partition coefficient (Wildman–Crippen LogP) is 3.99. The predicted molar refractivity (Wildman–Crippen MR) is 101 cm³/mol. The number of carboxylic acid groups (broad SMARTS) is 1. The number of nitriles is 1. The molecule has 0 atom stereocenters. The van der Waals surface area contributed by atoms with Crippen molar-refractivity contribution in [3.63, 3.8) is 0 Å². The minimum Gasteiger partial charge on any atom is -0.490 e. The van der Waals surface area contributed by atoms with E-state index in [4.69, 9.17) is 19.8 Å². The van der Waals surface area contributed by atoms with E-state index in [0.29, 0.717) is 19.5 Å². The van der Waals surface area contributed by atoms with Gasteiger partial charge in [-0.3, -0.25) is 0 Å². The van der Waals surface area contributed by atoms with Gasteiger partial charge in [-0.1, -0.05) is 12.1 Å². The van der Waals surface area contributed by atoms with Gasteiger partial charge in [-0.25, -0.2) is 4.79 Å². The smallest absolute Gasteiger partial charge is 0.407 e. The number of likely N-dealkylation sites (tertiary alicyclic amines) is 1. The third-order valence-corrected chi connectivity index (χ3v) is 5.47. The lowest BCUT2D eigenvalue weighted by atomic mass is 9.94. The summed E-state index contributed by atoms with van der Waals surface area (Å²) >= 11 is 0. The normalized spacial score (nSPS) is 23.6. The molecular weight excluding hydrogens is 344 g/mol. The molecule has 0 radical (unpaired) electrons. The van der Waals surface area contributed by atoms with Crippen LogP contribution in [0.15, 0.2) is 24.3 Å². The molecule has 1 saturated carbocycles. The van der Waals surface area contributed by atoms with Crippen molar-refractivity contribution in [3.05, 3.63) is 29.8 Å². The maximum absolute atomic E-state index is 11.0. The van der Waals surface area contributed by atoms with Crippen molar-refractivity contribution >= 4 is 6.09 Å². The zero-order chi connectivity index (χ0) is 19.1. The average Bonchev–Trinajstić information content (AvgIpc) is 2.69. The van der Waals surface area contributed by atoms with E-state index in [1.54, 1.807) is 0 Å². The first-order chi connectivity index (χ1) is 13.1. The highest BCUT2D eigenvalue weighted by molar-refractivity contribution is 5.65. The minimum atomic E-state index is -0.829. The number of rotatable bonds is 6. The molecule has 1 aromatic rings. The standard InChI is InChI=1S/C21H28N2O4/c22-13-1-2-16-3-5-17(6-4-16)26-18-7-9-19(10-8-18)27-20-11-14-23(15-12-20)21(24)25/h3-6,18-20H,1-2,7-12,14-15H2,(H,24,25). The summed E-state index contributed by atoms with van der Waals surface area (Å²) in [4.78, 5) is 12.4. The van der Waals surface area contributed by atoms with Gasteiger partial charge >= 0.3 is 6.09 Å². The van der Waals surface area contributed by atoms with Crippen LogP contribution in [0, 0.1) is 11.3 Å². The largest absolute Gasteiger partial charge is 0.490 e. The topological polar surface area (TPSA) is 82.8 Å².